The number of amides is 1. The Bertz CT molecular complexity index is 996. The minimum atomic E-state index is -1.67. The summed E-state index contributed by atoms with van der Waals surface area (Å²) in [6.07, 6.45) is 3.90. The van der Waals surface area contributed by atoms with Crippen LogP contribution in [0.3, 0.4) is 0 Å². The highest BCUT2D eigenvalue weighted by Crippen LogP contribution is 2.39. The van der Waals surface area contributed by atoms with Gasteiger partial charge >= 0.3 is 5.97 Å². The second kappa shape index (κ2) is 8.04. The summed E-state index contributed by atoms with van der Waals surface area (Å²) in [7, 11) is 1.85. The van der Waals surface area contributed by atoms with Crippen LogP contribution in [0.1, 0.15) is 59.6 Å². The molecule has 156 valence electrons. The van der Waals surface area contributed by atoms with Gasteiger partial charge < -0.3 is 15.2 Å². The molecule has 0 bridgehead atoms. The average Bonchev–Trinajstić information content (AvgIpc) is 3.10. The Morgan fingerprint density at radius 3 is 2.60 bits per heavy atom. The largest absolute Gasteiger partial charge is 0.478 e. The summed E-state index contributed by atoms with van der Waals surface area (Å²) in [6.45, 7) is 2.29. The molecule has 1 saturated heterocycles. The molecule has 6 nitrogen and oxygen atoms in total. The molecule has 2 N–H and O–H groups in total. The lowest BCUT2D eigenvalue weighted by Crippen LogP contribution is -2.54. The highest BCUT2D eigenvalue weighted by molar-refractivity contribution is 6.35. The molecule has 8 heteroatoms. The van der Waals surface area contributed by atoms with Crippen LogP contribution >= 0.6 is 11.6 Å². The number of carbonyl (C=O) groups excluding carboxylic acids is 1. The normalized spacial score (nSPS) is 21.3. The van der Waals surface area contributed by atoms with Gasteiger partial charge in [0.2, 0.25) is 5.72 Å². The first-order valence-corrected chi connectivity index (χ1v) is 10.7. The summed E-state index contributed by atoms with van der Waals surface area (Å²) in [6, 6.07) is 7.87. The molecule has 1 atom stereocenters. The van der Waals surface area contributed by atoms with Gasteiger partial charge in [0, 0.05) is 17.0 Å². The predicted octanol–water partition coefficient (Wildman–Crippen LogP) is 2.56. The number of aromatic nitrogens is 1. The molecule has 4 rings (SSSR count). The lowest BCUT2D eigenvalue weighted by Gasteiger charge is -2.30. The zero-order chi connectivity index (χ0) is 21.5. The van der Waals surface area contributed by atoms with E-state index in [1.807, 2.05) is 39.0 Å². The molecule has 1 aliphatic heterocycles. The molecule has 0 radical (unpaired) electrons. The predicted molar refractivity (Wildman–Crippen MR) is 117 cm³/mol. The van der Waals surface area contributed by atoms with Gasteiger partial charge in [0.1, 0.15) is 5.69 Å². The molecular formula is C22H24BClN2O4. The standard InChI is InChI=1S/C22H24BClN2O4/c1-12-8-14(10-15(24)9-12)17-11-16(13-4-2-5-13)18(25-19(17)23)20(27)26-22(21(28)29)6-3-7-30-22/h8-11,13H,2-7,23H2,1H3,(H,26,27)(H,28,29). The molecule has 2 aliphatic rings. The maximum Gasteiger partial charge on any atom is 0.357 e. The van der Waals surface area contributed by atoms with Gasteiger partial charge in [-0.2, -0.15) is 0 Å². The number of nitrogens with zero attached hydrogens (tertiary/aromatic N) is 1. The molecule has 30 heavy (non-hydrogen) atoms. The van der Waals surface area contributed by atoms with Crippen molar-refractivity contribution in [1.82, 2.24) is 10.3 Å². The molecule has 1 unspecified atom stereocenters. The van der Waals surface area contributed by atoms with Crippen LogP contribution in [0.2, 0.25) is 5.02 Å². The molecule has 1 saturated carbocycles. The van der Waals surface area contributed by atoms with Gasteiger partial charge in [-0.1, -0.05) is 24.1 Å². The number of carboxylic acids is 1. The number of rotatable bonds is 5. The summed E-state index contributed by atoms with van der Waals surface area (Å²) < 4.78 is 5.41. The molecule has 1 aromatic carbocycles. The Morgan fingerprint density at radius 2 is 2.03 bits per heavy atom. The van der Waals surface area contributed by atoms with Crippen LogP contribution in [-0.4, -0.2) is 42.1 Å². The van der Waals surface area contributed by atoms with Crippen molar-refractivity contribution in [3.05, 3.63) is 46.1 Å². The highest BCUT2D eigenvalue weighted by atomic mass is 35.5. The van der Waals surface area contributed by atoms with Crippen LogP contribution in [0.5, 0.6) is 0 Å². The Balaban J connectivity index is 1.75. The highest BCUT2D eigenvalue weighted by Gasteiger charge is 2.45. The molecule has 1 amide bonds. The Morgan fingerprint density at radius 1 is 1.27 bits per heavy atom. The number of aryl methyl sites for hydroxylation is 1. The van der Waals surface area contributed by atoms with E-state index < -0.39 is 17.6 Å². The number of halogens is 1. The Kier molecular flexibility index (Phi) is 5.60. The van der Waals surface area contributed by atoms with Gasteiger partial charge in [0.25, 0.3) is 5.91 Å². The van der Waals surface area contributed by atoms with Crippen molar-refractivity contribution >= 4 is 36.9 Å². The van der Waals surface area contributed by atoms with Crippen molar-refractivity contribution in [3.63, 3.8) is 0 Å². The fourth-order valence-corrected chi connectivity index (χ4v) is 4.51. The number of benzene rings is 1. The van der Waals surface area contributed by atoms with E-state index in [1.165, 1.54) is 0 Å². The van der Waals surface area contributed by atoms with E-state index in [1.54, 1.807) is 0 Å². The summed E-state index contributed by atoms with van der Waals surface area (Å²) in [5, 5.41) is 12.9. The monoisotopic (exact) mass is 426 g/mol. The SMILES string of the molecule is Bc1nc(C(=O)NC2(C(=O)O)CCCO2)c(C2CCC2)cc1-c1cc(C)cc(Cl)c1. The first-order chi connectivity index (χ1) is 14.3. The smallest absolute Gasteiger partial charge is 0.357 e. The van der Waals surface area contributed by atoms with Crippen molar-refractivity contribution in [1.29, 1.82) is 0 Å². The fraction of sp³-hybridized carbons (Fsp3) is 0.409. The number of pyridine rings is 1. The van der Waals surface area contributed by atoms with E-state index in [9.17, 15) is 14.7 Å². The van der Waals surface area contributed by atoms with Gasteiger partial charge in [-0.05, 0) is 72.6 Å². The van der Waals surface area contributed by atoms with Crippen LogP contribution in [0.15, 0.2) is 24.3 Å². The second-order valence-electron chi connectivity index (χ2n) is 8.24. The fourth-order valence-electron chi connectivity index (χ4n) is 4.22. The molecule has 2 heterocycles. The van der Waals surface area contributed by atoms with Crippen molar-refractivity contribution in [3.8, 4) is 11.1 Å². The van der Waals surface area contributed by atoms with Crippen LogP contribution in [0, 0.1) is 6.92 Å². The number of carboxylic acid groups (broad SMARTS) is 1. The third-order valence-corrected chi connectivity index (χ3v) is 6.26. The zero-order valence-electron chi connectivity index (χ0n) is 17.1. The van der Waals surface area contributed by atoms with Crippen molar-refractivity contribution in [2.45, 2.75) is 50.7 Å². The van der Waals surface area contributed by atoms with Crippen LogP contribution in [0.4, 0.5) is 0 Å². The first kappa shape index (κ1) is 20.9. The number of nitrogens with one attached hydrogen (secondary N) is 1. The first-order valence-electron chi connectivity index (χ1n) is 10.3. The minimum Gasteiger partial charge on any atom is -0.478 e. The summed E-state index contributed by atoms with van der Waals surface area (Å²) in [5.41, 5.74) is 3.10. The van der Waals surface area contributed by atoms with E-state index in [-0.39, 0.29) is 18.0 Å². The molecular weight excluding hydrogens is 403 g/mol. The van der Waals surface area contributed by atoms with Crippen molar-refractivity contribution in [2.24, 2.45) is 0 Å². The number of hydrogen-bond donors (Lipinski definition) is 2. The molecule has 0 spiro atoms. The Labute approximate surface area is 181 Å². The average molecular weight is 427 g/mol. The van der Waals surface area contributed by atoms with Crippen molar-refractivity contribution in [2.75, 3.05) is 6.61 Å². The summed E-state index contributed by atoms with van der Waals surface area (Å²) >= 11 is 6.26. The van der Waals surface area contributed by atoms with Crippen LogP contribution < -0.4 is 10.9 Å². The van der Waals surface area contributed by atoms with Crippen molar-refractivity contribution < 1.29 is 19.4 Å². The zero-order valence-corrected chi connectivity index (χ0v) is 17.9. The van der Waals surface area contributed by atoms with Gasteiger partial charge in [-0.15, -0.1) is 0 Å². The molecule has 1 aromatic heterocycles. The van der Waals surface area contributed by atoms with E-state index in [0.29, 0.717) is 23.6 Å². The third kappa shape index (κ3) is 3.84. The molecule has 1 aliphatic carbocycles. The number of aliphatic carboxylic acids is 1. The minimum absolute atomic E-state index is 0.239. The van der Waals surface area contributed by atoms with E-state index >= 15 is 0 Å². The van der Waals surface area contributed by atoms with E-state index in [0.717, 1.165) is 41.5 Å². The summed E-state index contributed by atoms with van der Waals surface area (Å²) in [4.78, 5) is 29.6. The molecule has 2 fully saturated rings. The number of carbonyl (C=O) groups is 2. The van der Waals surface area contributed by atoms with Gasteiger partial charge in [0.15, 0.2) is 7.85 Å². The van der Waals surface area contributed by atoms with Gasteiger partial charge in [-0.3, -0.25) is 9.78 Å². The van der Waals surface area contributed by atoms with Crippen LogP contribution in [-0.2, 0) is 9.53 Å². The lowest BCUT2D eigenvalue weighted by atomic mass is 9.77. The maximum atomic E-state index is 13.1. The Hall–Kier alpha value is -2.38. The third-order valence-electron chi connectivity index (χ3n) is 6.04. The van der Waals surface area contributed by atoms with E-state index in [4.69, 9.17) is 16.3 Å². The lowest BCUT2D eigenvalue weighted by molar-refractivity contribution is -0.162. The molecule has 2 aromatic rings. The van der Waals surface area contributed by atoms with Crippen LogP contribution in [0.25, 0.3) is 11.1 Å². The number of hydrogen-bond acceptors (Lipinski definition) is 4. The summed E-state index contributed by atoms with van der Waals surface area (Å²) in [5.74, 6) is -1.44. The van der Waals surface area contributed by atoms with Gasteiger partial charge in [-0.25, -0.2) is 4.79 Å². The quantitative estimate of drug-likeness (QED) is 0.717. The topological polar surface area (TPSA) is 88.5 Å². The van der Waals surface area contributed by atoms with E-state index in [2.05, 4.69) is 10.3 Å². The maximum absolute atomic E-state index is 13.1. The number of ether oxygens (including phenoxy) is 1. The second-order valence-corrected chi connectivity index (χ2v) is 8.68. The van der Waals surface area contributed by atoms with Gasteiger partial charge in [0.05, 0.1) is 6.61 Å².